The Morgan fingerprint density at radius 1 is 1.23 bits per heavy atom. The monoisotopic (exact) mass is 445 g/mol. The van der Waals surface area contributed by atoms with Crippen molar-refractivity contribution in [2.24, 2.45) is 0 Å². The SMILES string of the molecule is CN(CC(=O)Nc1ccccc1C(F)(F)F)C(=O)COc1ccc([N+](=O)[O-])cc1Cl. The van der Waals surface area contributed by atoms with Crippen LogP contribution in [-0.2, 0) is 15.8 Å². The topological polar surface area (TPSA) is 102 Å². The minimum absolute atomic E-state index is 0.0209. The van der Waals surface area contributed by atoms with Gasteiger partial charge in [0.1, 0.15) is 5.75 Å². The number of amides is 2. The number of halogens is 4. The first-order chi connectivity index (χ1) is 14.0. The van der Waals surface area contributed by atoms with Gasteiger partial charge in [-0.2, -0.15) is 13.2 Å². The summed E-state index contributed by atoms with van der Waals surface area (Å²) in [4.78, 5) is 35.1. The van der Waals surface area contributed by atoms with E-state index in [9.17, 15) is 32.9 Å². The lowest BCUT2D eigenvalue weighted by atomic mass is 10.1. The fraction of sp³-hybridized carbons (Fsp3) is 0.222. The van der Waals surface area contributed by atoms with E-state index in [0.717, 1.165) is 29.2 Å². The highest BCUT2D eigenvalue weighted by molar-refractivity contribution is 6.32. The second-order valence-corrected chi connectivity index (χ2v) is 6.41. The lowest BCUT2D eigenvalue weighted by Crippen LogP contribution is -2.37. The van der Waals surface area contributed by atoms with Gasteiger partial charge in [-0.1, -0.05) is 23.7 Å². The third kappa shape index (κ3) is 6.08. The highest BCUT2D eigenvalue weighted by Crippen LogP contribution is 2.34. The van der Waals surface area contributed by atoms with Gasteiger partial charge in [0.25, 0.3) is 11.6 Å². The number of benzene rings is 2. The normalized spacial score (nSPS) is 11.0. The fourth-order valence-electron chi connectivity index (χ4n) is 2.30. The molecule has 0 saturated carbocycles. The van der Waals surface area contributed by atoms with Gasteiger partial charge in [0.15, 0.2) is 6.61 Å². The molecule has 2 aromatic carbocycles. The Balaban J connectivity index is 1.93. The summed E-state index contributed by atoms with van der Waals surface area (Å²) in [6.07, 6.45) is -4.65. The summed E-state index contributed by atoms with van der Waals surface area (Å²) < 4.78 is 44.1. The number of hydrogen-bond donors (Lipinski definition) is 1. The summed E-state index contributed by atoms with van der Waals surface area (Å²) in [5.74, 6) is -1.48. The number of nitrogens with one attached hydrogen (secondary N) is 1. The van der Waals surface area contributed by atoms with Crippen molar-refractivity contribution in [3.63, 3.8) is 0 Å². The van der Waals surface area contributed by atoms with Crippen LogP contribution < -0.4 is 10.1 Å². The number of anilines is 1. The molecule has 0 aromatic heterocycles. The minimum Gasteiger partial charge on any atom is -0.482 e. The third-order valence-electron chi connectivity index (χ3n) is 3.79. The number of para-hydroxylation sites is 1. The van der Waals surface area contributed by atoms with E-state index >= 15 is 0 Å². The zero-order chi connectivity index (χ0) is 22.5. The van der Waals surface area contributed by atoms with Crippen molar-refractivity contribution in [3.8, 4) is 5.75 Å². The number of hydrogen-bond acceptors (Lipinski definition) is 5. The van der Waals surface area contributed by atoms with E-state index < -0.39 is 47.3 Å². The van der Waals surface area contributed by atoms with Crippen molar-refractivity contribution in [2.45, 2.75) is 6.18 Å². The second kappa shape index (κ2) is 9.44. The molecule has 2 rings (SSSR count). The van der Waals surface area contributed by atoms with E-state index in [1.807, 2.05) is 0 Å². The van der Waals surface area contributed by atoms with Gasteiger partial charge in [-0.25, -0.2) is 0 Å². The Bertz CT molecular complexity index is 968. The maximum atomic E-state index is 13.0. The van der Waals surface area contributed by atoms with Crippen LogP contribution in [0.4, 0.5) is 24.5 Å². The van der Waals surface area contributed by atoms with Crippen molar-refractivity contribution in [1.29, 1.82) is 0 Å². The van der Waals surface area contributed by atoms with E-state index in [0.29, 0.717) is 0 Å². The predicted molar refractivity (Wildman–Crippen MR) is 101 cm³/mol. The van der Waals surface area contributed by atoms with Crippen molar-refractivity contribution >= 4 is 34.8 Å². The van der Waals surface area contributed by atoms with Crippen molar-refractivity contribution in [1.82, 2.24) is 4.90 Å². The molecule has 2 amide bonds. The number of rotatable bonds is 7. The number of alkyl halides is 3. The number of nitro benzene ring substituents is 1. The minimum atomic E-state index is -4.65. The van der Waals surface area contributed by atoms with E-state index in [2.05, 4.69) is 5.32 Å². The first kappa shape index (κ1) is 22.9. The van der Waals surface area contributed by atoms with Gasteiger partial charge in [-0.3, -0.25) is 19.7 Å². The number of carbonyl (C=O) groups excluding carboxylic acids is 2. The molecule has 30 heavy (non-hydrogen) atoms. The molecule has 0 aliphatic carbocycles. The molecule has 1 N–H and O–H groups in total. The zero-order valence-corrected chi connectivity index (χ0v) is 16.2. The summed E-state index contributed by atoms with van der Waals surface area (Å²) in [5, 5.41) is 12.7. The average Bonchev–Trinajstić information content (AvgIpc) is 2.66. The van der Waals surface area contributed by atoms with E-state index in [1.165, 1.54) is 25.2 Å². The molecular formula is C18H15ClF3N3O5. The van der Waals surface area contributed by atoms with Crippen LogP contribution in [0.25, 0.3) is 0 Å². The standard InChI is InChI=1S/C18H15ClF3N3O5/c1-24(9-16(26)23-14-5-3-2-4-12(14)18(20,21)22)17(27)10-30-15-7-6-11(25(28)29)8-13(15)19/h2-8H,9-10H2,1H3,(H,23,26). The van der Waals surface area contributed by atoms with Crippen LogP contribution in [0.15, 0.2) is 42.5 Å². The molecule has 0 aliphatic heterocycles. The Kier molecular flexibility index (Phi) is 7.22. The van der Waals surface area contributed by atoms with Crippen LogP contribution >= 0.6 is 11.6 Å². The summed E-state index contributed by atoms with van der Waals surface area (Å²) in [7, 11) is 1.26. The van der Waals surface area contributed by atoms with Crippen LogP contribution in [0, 0.1) is 10.1 Å². The van der Waals surface area contributed by atoms with Crippen molar-refractivity contribution in [2.75, 3.05) is 25.5 Å². The molecule has 0 radical (unpaired) electrons. The molecule has 0 saturated heterocycles. The molecule has 2 aromatic rings. The molecule has 0 unspecified atom stereocenters. The zero-order valence-electron chi connectivity index (χ0n) is 15.4. The maximum absolute atomic E-state index is 13.0. The quantitative estimate of drug-likeness (QED) is 0.516. The van der Waals surface area contributed by atoms with Gasteiger partial charge in [-0.05, 0) is 18.2 Å². The third-order valence-corrected chi connectivity index (χ3v) is 4.09. The smallest absolute Gasteiger partial charge is 0.418 e. The van der Waals surface area contributed by atoms with Gasteiger partial charge >= 0.3 is 6.18 Å². The summed E-state index contributed by atoms with van der Waals surface area (Å²) in [6, 6.07) is 7.86. The second-order valence-electron chi connectivity index (χ2n) is 6.00. The largest absolute Gasteiger partial charge is 0.482 e. The molecule has 0 aliphatic rings. The van der Waals surface area contributed by atoms with Crippen LogP contribution in [0.3, 0.4) is 0 Å². The van der Waals surface area contributed by atoms with Gasteiger partial charge in [0.05, 0.1) is 27.7 Å². The Morgan fingerprint density at radius 2 is 1.90 bits per heavy atom. The molecule has 8 nitrogen and oxygen atoms in total. The highest BCUT2D eigenvalue weighted by Gasteiger charge is 2.33. The Morgan fingerprint density at radius 3 is 2.50 bits per heavy atom. The van der Waals surface area contributed by atoms with Crippen molar-refractivity contribution < 1.29 is 32.4 Å². The lowest BCUT2D eigenvalue weighted by Gasteiger charge is -2.18. The molecule has 12 heteroatoms. The fourth-order valence-corrected chi connectivity index (χ4v) is 2.53. The number of likely N-dealkylation sites (N-methyl/N-ethyl adjacent to an activating group) is 1. The summed E-state index contributed by atoms with van der Waals surface area (Å²) >= 11 is 5.85. The Labute approximate surface area is 173 Å². The number of nitrogens with zero attached hydrogens (tertiary/aromatic N) is 2. The summed E-state index contributed by atoms with van der Waals surface area (Å²) in [6.45, 7) is -1.07. The molecule has 0 spiro atoms. The van der Waals surface area contributed by atoms with Gasteiger partial charge in [0, 0.05) is 19.2 Å². The van der Waals surface area contributed by atoms with Crippen molar-refractivity contribution in [3.05, 3.63) is 63.2 Å². The highest BCUT2D eigenvalue weighted by atomic mass is 35.5. The van der Waals surface area contributed by atoms with E-state index in [1.54, 1.807) is 0 Å². The number of ether oxygens (including phenoxy) is 1. The molecule has 160 valence electrons. The molecule has 0 fully saturated rings. The van der Waals surface area contributed by atoms with Gasteiger partial charge < -0.3 is 15.0 Å². The van der Waals surface area contributed by atoms with Crippen LogP contribution in [0.1, 0.15) is 5.56 Å². The van der Waals surface area contributed by atoms with Gasteiger partial charge in [-0.15, -0.1) is 0 Å². The first-order valence-corrected chi connectivity index (χ1v) is 8.63. The average molecular weight is 446 g/mol. The number of nitro groups is 1. The number of carbonyl (C=O) groups is 2. The van der Waals surface area contributed by atoms with E-state index in [-0.39, 0.29) is 16.5 Å². The molecular weight excluding hydrogens is 431 g/mol. The molecule has 0 atom stereocenters. The first-order valence-electron chi connectivity index (χ1n) is 8.26. The maximum Gasteiger partial charge on any atom is 0.418 e. The number of non-ortho nitro benzene ring substituents is 1. The van der Waals surface area contributed by atoms with Gasteiger partial charge in [0.2, 0.25) is 5.91 Å². The van der Waals surface area contributed by atoms with Crippen LogP contribution in [-0.4, -0.2) is 41.8 Å². The lowest BCUT2D eigenvalue weighted by molar-refractivity contribution is -0.384. The molecule has 0 bridgehead atoms. The van der Waals surface area contributed by atoms with Crippen LogP contribution in [0.5, 0.6) is 5.75 Å². The predicted octanol–water partition coefficient (Wildman–Crippen LogP) is 3.74. The van der Waals surface area contributed by atoms with Crippen LogP contribution in [0.2, 0.25) is 5.02 Å². The molecule has 0 heterocycles. The Hall–Kier alpha value is -3.34. The van der Waals surface area contributed by atoms with E-state index in [4.69, 9.17) is 16.3 Å². The summed E-state index contributed by atoms with van der Waals surface area (Å²) in [5.41, 5.74) is -1.69.